The van der Waals surface area contributed by atoms with Crippen LogP contribution in [-0.4, -0.2) is 42.4 Å². The summed E-state index contributed by atoms with van der Waals surface area (Å²) in [5, 5.41) is 9.41. The fourth-order valence-electron chi connectivity index (χ4n) is 1.65. The largest absolute Gasteiger partial charge is 0.373 e. The first-order valence-electron chi connectivity index (χ1n) is 4.68. The summed E-state index contributed by atoms with van der Waals surface area (Å²) >= 11 is 0. The van der Waals surface area contributed by atoms with Gasteiger partial charge in [0.15, 0.2) is 5.79 Å². The molecule has 13 heavy (non-hydrogen) atoms. The zero-order chi connectivity index (χ0) is 9.47. The fourth-order valence-corrected chi connectivity index (χ4v) is 1.65. The van der Waals surface area contributed by atoms with Gasteiger partial charge < -0.3 is 19.3 Å². The van der Waals surface area contributed by atoms with Crippen LogP contribution in [0.5, 0.6) is 0 Å². The van der Waals surface area contributed by atoms with Crippen LogP contribution in [0.3, 0.4) is 0 Å². The molecule has 0 spiro atoms. The number of hydrogen-bond acceptors (Lipinski definition) is 4. The Bertz CT molecular complexity index is 183. The molecule has 0 aromatic heterocycles. The Hall–Kier alpha value is -0.160. The van der Waals surface area contributed by atoms with Crippen LogP contribution in [0.1, 0.15) is 20.3 Å². The highest BCUT2D eigenvalue weighted by Gasteiger charge is 2.40. The topological polar surface area (TPSA) is 51.2 Å². The monoisotopic (exact) mass is 188 g/mol. The lowest BCUT2D eigenvalue weighted by Gasteiger charge is -2.22. The van der Waals surface area contributed by atoms with Gasteiger partial charge in [-0.2, -0.15) is 0 Å². The van der Waals surface area contributed by atoms with Crippen molar-refractivity contribution in [2.45, 2.75) is 44.4 Å². The molecule has 0 amide bonds. The number of rotatable bonds is 3. The molecular formula is C9H16O4. The molecule has 0 bridgehead atoms. The van der Waals surface area contributed by atoms with Gasteiger partial charge in [0.2, 0.25) is 0 Å². The predicted molar refractivity (Wildman–Crippen MR) is 45.3 cm³/mol. The van der Waals surface area contributed by atoms with Gasteiger partial charge in [-0.05, 0) is 13.8 Å². The summed E-state index contributed by atoms with van der Waals surface area (Å²) in [5.41, 5.74) is 0. The second-order valence-corrected chi connectivity index (χ2v) is 4.17. The molecule has 0 unspecified atom stereocenters. The van der Waals surface area contributed by atoms with E-state index in [9.17, 15) is 5.11 Å². The zero-order valence-electron chi connectivity index (χ0n) is 8.03. The van der Waals surface area contributed by atoms with E-state index in [1.165, 1.54) is 0 Å². The Labute approximate surface area is 77.8 Å². The van der Waals surface area contributed by atoms with Gasteiger partial charge in [-0.25, -0.2) is 0 Å². The molecule has 0 aliphatic carbocycles. The molecule has 0 aromatic carbocycles. The second-order valence-electron chi connectivity index (χ2n) is 4.17. The normalized spacial score (nSPS) is 39.5. The van der Waals surface area contributed by atoms with Gasteiger partial charge in [-0.15, -0.1) is 0 Å². The van der Waals surface area contributed by atoms with E-state index in [-0.39, 0.29) is 18.3 Å². The molecule has 4 nitrogen and oxygen atoms in total. The molecule has 3 atom stereocenters. The summed E-state index contributed by atoms with van der Waals surface area (Å²) in [6.45, 7) is 4.64. The van der Waals surface area contributed by atoms with E-state index in [1.807, 2.05) is 0 Å². The average molecular weight is 188 g/mol. The molecule has 2 heterocycles. The Morgan fingerprint density at radius 3 is 2.38 bits per heavy atom. The molecule has 2 fully saturated rings. The van der Waals surface area contributed by atoms with Crippen LogP contribution in [0, 0.1) is 0 Å². The molecule has 1 N–H and O–H groups in total. The van der Waals surface area contributed by atoms with E-state index in [4.69, 9.17) is 14.2 Å². The molecule has 2 aliphatic heterocycles. The van der Waals surface area contributed by atoms with Crippen LogP contribution >= 0.6 is 0 Å². The third kappa shape index (κ3) is 2.64. The first-order valence-corrected chi connectivity index (χ1v) is 4.68. The quantitative estimate of drug-likeness (QED) is 0.511. The van der Waals surface area contributed by atoms with Crippen LogP contribution in [0.2, 0.25) is 0 Å². The van der Waals surface area contributed by atoms with Gasteiger partial charge in [-0.1, -0.05) is 0 Å². The smallest absolute Gasteiger partial charge is 0.160 e. The number of hydrogen-bond donors (Lipinski definition) is 1. The van der Waals surface area contributed by atoms with Crippen molar-refractivity contribution in [3.63, 3.8) is 0 Å². The summed E-state index contributed by atoms with van der Waals surface area (Å²) < 4.78 is 16.0. The van der Waals surface area contributed by atoms with Crippen LogP contribution in [0.25, 0.3) is 0 Å². The highest BCUT2D eigenvalue weighted by Crippen LogP contribution is 2.28. The molecular weight excluding hydrogens is 172 g/mol. The van der Waals surface area contributed by atoms with Gasteiger partial charge in [0.1, 0.15) is 6.10 Å². The molecule has 2 rings (SSSR count). The highest BCUT2D eigenvalue weighted by molar-refractivity contribution is 4.87. The molecule has 76 valence electrons. The Morgan fingerprint density at radius 2 is 1.85 bits per heavy atom. The highest BCUT2D eigenvalue weighted by atomic mass is 16.7. The third-order valence-corrected chi connectivity index (χ3v) is 2.22. The fraction of sp³-hybridized carbons (Fsp3) is 1.00. The summed E-state index contributed by atoms with van der Waals surface area (Å²) in [6.07, 6.45) is 1.28. The van der Waals surface area contributed by atoms with Crippen molar-refractivity contribution in [1.29, 1.82) is 0 Å². The van der Waals surface area contributed by atoms with E-state index in [0.29, 0.717) is 6.61 Å². The van der Waals surface area contributed by atoms with Crippen molar-refractivity contribution in [1.82, 2.24) is 0 Å². The van der Waals surface area contributed by atoms with Gasteiger partial charge in [0.05, 0.1) is 25.4 Å². The average Bonchev–Trinajstić information content (AvgIpc) is 2.72. The van der Waals surface area contributed by atoms with Gasteiger partial charge in [-0.3, -0.25) is 0 Å². The predicted octanol–water partition coefficient (Wildman–Crippen LogP) is 0.288. The number of ether oxygens (including phenoxy) is 3. The van der Waals surface area contributed by atoms with Crippen LogP contribution in [0.15, 0.2) is 0 Å². The molecule has 0 saturated carbocycles. The number of epoxide rings is 1. The minimum atomic E-state index is -1.06. The zero-order valence-corrected chi connectivity index (χ0v) is 8.03. The van der Waals surface area contributed by atoms with Crippen molar-refractivity contribution >= 4 is 0 Å². The third-order valence-electron chi connectivity index (χ3n) is 2.22. The lowest BCUT2D eigenvalue weighted by atomic mass is 10.1. The maximum Gasteiger partial charge on any atom is 0.160 e. The summed E-state index contributed by atoms with van der Waals surface area (Å²) in [7, 11) is 0. The standard InChI is InChI=1S/C9H16O4/c1-9(2,10)13-6-3-7(11-4-6)8-5-12-8/h6-8,10H,3-5H2,1-2H3/t6-,7+,8+/m1/s1. The SMILES string of the molecule is CC(C)(O)O[C@H]1CO[C@H]([C@@H]2CO2)C1. The lowest BCUT2D eigenvalue weighted by molar-refractivity contribution is -0.204. The van der Waals surface area contributed by atoms with Crippen molar-refractivity contribution in [2.75, 3.05) is 13.2 Å². The maximum atomic E-state index is 9.41. The minimum Gasteiger partial charge on any atom is -0.373 e. The van der Waals surface area contributed by atoms with Gasteiger partial charge in [0, 0.05) is 6.42 Å². The van der Waals surface area contributed by atoms with E-state index in [0.717, 1.165) is 13.0 Å². The van der Waals surface area contributed by atoms with E-state index >= 15 is 0 Å². The molecule has 0 aromatic rings. The Morgan fingerprint density at radius 1 is 1.23 bits per heavy atom. The van der Waals surface area contributed by atoms with Crippen LogP contribution < -0.4 is 0 Å². The van der Waals surface area contributed by atoms with Crippen molar-refractivity contribution in [3.05, 3.63) is 0 Å². The Kier molecular flexibility index (Phi) is 2.32. The summed E-state index contributed by atoms with van der Waals surface area (Å²) in [4.78, 5) is 0. The molecule has 0 radical (unpaired) electrons. The molecule has 2 aliphatic rings. The van der Waals surface area contributed by atoms with E-state index in [1.54, 1.807) is 13.8 Å². The van der Waals surface area contributed by atoms with Crippen LogP contribution in [0.4, 0.5) is 0 Å². The van der Waals surface area contributed by atoms with Crippen molar-refractivity contribution in [2.24, 2.45) is 0 Å². The maximum absolute atomic E-state index is 9.41. The van der Waals surface area contributed by atoms with Gasteiger partial charge in [0.25, 0.3) is 0 Å². The van der Waals surface area contributed by atoms with Crippen molar-refractivity contribution < 1.29 is 19.3 Å². The van der Waals surface area contributed by atoms with Gasteiger partial charge >= 0.3 is 0 Å². The molecule has 2 saturated heterocycles. The summed E-state index contributed by atoms with van der Waals surface area (Å²) in [5.74, 6) is -1.06. The lowest BCUT2D eigenvalue weighted by Crippen LogP contribution is -2.30. The molecule has 4 heteroatoms. The van der Waals surface area contributed by atoms with Crippen LogP contribution in [-0.2, 0) is 14.2 Å². The second kappa shape index (κ2) is 3.20. The first-order chi connectivity index (χ1) is 6.04. The number of aliphatic hydroxyl groups is 1. The van der Waals surface area contributed by atoms with Crippen molar-refractivity contribution in [3.8, 4) is 0 Å². The first kappa shape index (κ1) is 9.40. The summed E-state index contributed by atoms with van der Waals surface area (Å²) in [6, 6.07) is 0. The van der Waals surface area contributed by atoms with E-state index in [2.05, 4.69) is 0 Å². The van der Waals surface area contributed by atoms with E-state index < -0.39 is 5.79 Å². The minimum absolute atomic E-state index is 0.00852. The Balaban J connectivity index is 1.77.